The summed E-state index contributed by atoms with van der Waals surface area (Å²) in [5.74, 6) is 0.134. The number of hydrogen-bond donors (Lipinski definition) is 2. The number of carbonyl (C=O) groups excluding carboxylic acids is 1. The van der Waals surface area contributed by atoms with E-state index in [1.807, 2.05) is 12.4 Å². The van der Waals surface area contributed by atoms with Crippen LogP contribution in [0.1, 0.15) is 6.42 Å². The van der Waals surface area contributed by atoms with Crippen LogP contribution in [0.4, 0.5) is 5.13 Å². The van der Waals surface area contributed by atoms with Crippen LogP contribution in [0.3, 0.4) is 0 Å². The van der Waals surface area contributed by atoms with Crippen molar-refractivity contribution >= 4 is 22.4 Å². The second-order valence-electron chi connectivity index (χ2n) is 4.27. The molecule has 2 aromatic heterocycles. The van der Waals surface area contributed by atoms with Gasteiger partial charge in [0.05, 0.1) is 11.9 Å². The van der Waals surface area contributed by atoms with Gasteiger partial charge in [0, 0.05) is 30.7 Å². The van der Waals surface area contributed by atoms with Crippen molar-refractivity contribution < 1.29 is 4.79 Å². The topological polar surface area (TPSA) is 73.9 Å². The predicted octanol–water partition coefficient (Wildman–Crippen LogP) is 1.18. The summed E-state index contributed by atoms with van der Waals surface area (Å²) in [6.07, 6.45) is 4.36. The van der Waals surface area contributed by atoms with E-state index in [1.165, 1.54) is 11.3 Å². The molecule has 3 heterocycles. The van der Waals surface area contributed by atoms with Crippen LogP contribution in [0, 0.1) is 0 Å². The molecule has 1 saturated heterocycles. The Morgan fingerprint density at radius 3 is 3.17 bits per heavy atom. The zero-order valence-corrected chi connectivity index (χ0v) is 10.7. The molecule has 3 rings (SSSR count). The van der Waals surface area contributed by atoms with Gasteiger partial charge in [-0.2, -0.15) is 5.10 Å². The van der Waals surface area contributed by atoms with Gasteiger partial charge in [0.15, 0.2) is 5.13 Å². The van der Waals surface area contributed by atoms with Crippen LogP contribution >= 0.6 is 11.3 Å². The summed E-state index contributed by atoms with van der Waals surface area (Å²) < 4.78 is 0. The third-order valence-corrected chi connectivity index (χ3v) is 3.80. The quantitative estimate of drug-likeness (QED) is 0.872. The third-order valence-electron chi connectivity index (χ3n) is 3.02. The van der Waals surface area contributed by atoms with E-state index in [0.29, 0.717) is 0 Å². The highest BCUT2D eigenvalue weighted by atomic mass is 32.1. The molecule has 0 saturated carbocycles. The number of anilines is 1. The Hall–Kier alpha value is -1.89. The summed E-state index contributed by atoms with van der Waals surface area (Å²) in [5, 5.41) is 12.6. The van der Waals surface area contributed by atoms with E-state index in [0.717, 1.165) is 29.4 Å². The number of thiazole rings is 1. The van der Waals surface area contributed by atoms with Gasteiger partial charge in [0.2, 0.25) is 5.91 Å². The van der Waals surface area contributed by atoms with E-state index >= 15 is 0 Å². The van der Waals surface area contributed by atoms with Gasteiger partial charge in [0.25, 0.3) is 0 Å². The molecule has 2 N–H and O–H groups in total. The lowest BCUT2D eigenvalue weighted by molar-refractivity contribution is -0.127. The molecule has 7 heteroatoms. The number of likely N-dealkylation sites (tertiary alicyclic amines) is 1. The first kappa shape index (κ1) is 11.2. The lowest BCUT2D eigenvalue weighted by Crippen LogP contribution is -2.30. The van der Waals surface area contributed by atoms with Gasteiger partial charge in [-0.25, -0.2) is 4.98 Å². The van der Waals surface area contributed by atoms with Crippen LogP contribution in [-0.4, -0.2) is 45.6 Å². The van der Waals surface area contributed by atoms with Gasteiger partial charge in [-0.1, -0.05) is 0 Å². The molecule has 0 bridgehead atoms. The standard InChI is InChI=1S/C11H13N5OS/c1-16-3-2-8(10(16)17)14-11-15-9(6-18-11)7-4-12-13-5-7/h4-6,8H,2-3H2,1H3,(H,12,13)(H,14,15). The van der Waals surface area contributed by atoms with E-state index in [1.54, 1.807) is 17.3 Å². The van der Waals surface area contributed by atoms with Crippen LogP contribution in [-0.2, 0) is 4.79 Å². The maximum atomic E-state index is 11.8. The molecule has 0 spiro atoms. The number of carbonyl (C=O) groups is 1. The Bertz CT molecular complexity index is 550. The number of rotatable bonds is 3. The number of nitrogens with one attached hydrogen (secondary N) is 2. The highest BCUT2D eigenvalue weighted by Crippen LogP contribution is 2.25. The van der Waals surface area contributed by atoms with E-state index in [-0.39, 0.29) is 11.9 Å². The Morgan fingerprint density at radius 1 is 1.61 bits per heavy atom. The highest BCUT2D eigenvalue weighted by molar-refractivity contribution is 7.14. The molecule has 0 aliphatic carbocycles. The molecule has 1 aliphatic heterocycles. The number of aromatic amines is 1. The molecule has 1 atom stereocenters. The fraction of sp³-hybridized carbons (Fsp3) is 0.364. The van der Waals surface area contributed by atoms with Crippen molar-refractivity contribution in [3.05, 3.63) is 17.8 Å². The maximum absolute atomic E-state index is 11.8. The van der Waals surface area contributed by atoms with Crippen molar-refractivity contribution in [1.29, 1.82) is 0 Å². The SMILES string of the molecule is CN1CCC(Nc2nc(-c3cn[nH]c3)cs2)C1=O. The molecule has 18 heavy (non-hydrogen) atoms. The number of H-pyrrole nitrogens is 1. The third kappa shape index (κ3) is 1.97. The lowest BCUT2D eigenvalue weighted by Gasteiger charge is -2.10. The summed E-state index contributed by atoms with van der Waals surface area (Å²) in [5.41, 5.74) is 1.82. The summed E-state index contributed by atoms with van der Waals surface area (Å²) in [4.78, 5) is 18.0. The number of hydrogen-bond acceptors (Lipinski definition) is 5. The smallest absolute Gasteiger partial charge is 0.244 e. The van der Waals surface area contributed by atoms with Crippen LogP contribution in [0.15, 0.2) is 17.8 Å². The largest absolute Gasteiger partial charge is 0.350 e. The van der Waals surface area contributed by atoms with Gasteiger partial charge in [-0.05, 0) is 6.42 Å². The molecule has 1 aliphatic rings. The molecule has 1 unspecified atom stereocenters. The Morgan fingerprint density at radius 2 is 2.50 bits per heavy atom. The van der Waals surface area contributed by atoms with Gasteiger partial charge >= 0.3 is 0 Å². The van der Waals surface area contributed by atoms with Crippen molar-refractivity contribution in [2.24, 2.45) is 0 Å². The first-order valence-electron chi connectivity index (χ1n) is 5.70. The van der Waals surface area contributed by atoms with Crippen molar-refractivity contribution in [3.8, 4) is 11.3 Å². The zero-order valence-electron chi connectivity index (χ0n) is 9.88. The Kier molecular flexibility index (Phi) is 2.75. The minimum absolute atomic E-state index is 0.134. The molecular formula is C11H13N5OS. The molecular weight excluding hydrogens is 250 g/mol. The van der Waals surface area contributed by atoms with Crippen molar-refractivity contribution in [1.82, 2.24) is 20.1 Å². The normalized spacial score (nSPS) is 19.5. The molecule has 6 nitrogen and oxygen atoms in total. The monoisotopic (exact) mass is 263 g/mol. The number of likely N-dealkylation sites (N-methyl/N-ethyl adjacent to an activating group) is 1. The Labute approximate surface area is 108 Å². The average Bonchev–Trinajstić information content (AvgIpc) is 3.06. The summed E-state index contributed by atoms with van der Waals surface area (Å²) in [7, 11) is 1.82. The summed E-state index contributed by atoms with van der Waals surface area (Å²) in [6.45, 7) is 0.802. The molecule has 0 aromatic carbocycles. The second kappa shape index (κ2) is 4.41. The predicted molar refractivity (Wildman–Crippen MR) is 69.4 cm³/mol. The first-order valence-corrected chi connectivity index (χ1v) is 6.58. The average molecular weight is 263 g/mol. The molecule has 94 valence electrons. The Balaban J connectivity index is 1.73. The van der Waals surface area contributed by atoms with E-state index in [4.69, 9.17) is 0 Å². The van der Waals surface area contributed by atoms with Gasteiger partial charge in [-0.15, -0.1) is 11.3 Å². The van der Waals surface area contributed by atoms with E-state index in [2.05, 4.69) is 20.5 Å². The second-order valence-corrected chi connectivity index (χ2v) is 5.13. The summed E-state index contributed by atoms with van der Waals surface area (Å²) >= 11 is 1.50. The van der Waals surface area contributed by atoms with Crippen LogP contribution in [0.25, 0.3) is 11.3 Å². The lowest BCUT2D eigenvalue weighted by atomic mass is 10.2. The van der Waals surface area contributed by atoms with Crippen molar-refractivity contribution in [2.45, 2.75) is 12.5 Å². The van der Waals surface area contributed by atoms with Crippen molar-refractivity contribution in [2.75, 3.05) is 18.9 Å². The summed E-state index contributed by atoms with van der Waals surface area (Å²) in [6, 6.07) is -0.140. The molecule has 0 radical (unpaired) electrons. The van der Waals surface area contributed by atoms with Crippen LogP contribution < -0.4 is 5.32 Å². The van der Waals surface area contributed by atoms with Crippen molar-refractivity contribution in [3.63, 3.8) is 0 Å². The maximum Gasteiger partial charge on any atom is 0.244 e. The van der Waals surface area contributed by atoms with Gasteiger partial charge in [-0.3, -0.25) is 9.89 Å². The fourth-order valence-corrected chi connectivity index (χ4v) is 2.74. The fourth-order valence-electron chi connectivity index (χ4n) is 1.97. The van der Waals surface area contributed by atoms with Crippen LogP contribution in [0.2, 0.25) is 0 Å². The zero-order chi connectivity index (χ0) is 12.5. The van der Waals surface area contributed by atoms with E-state index < -0.39 is 0 Å². The van der Waals surface area contributed by atoms with Gasteiger partial charge in [0.1, 0.15) is 6.04 Å². The minimum atomic E-state index is -0.140. The minimum Gasteiger partial charge on any atom is -0.350 e. The number of nitrogens with zero attached hydrogens (tertiary/aromatic N) is 3. The van der Waals surface area contributed by atoms with Gasteiger partial charge < -0.3 is 10.2 Å². The highest BCUT2D eigenvalue weighted by Gasteiger charge is 2.29. The van der Waals surface area contributed by atoms with Crippen LogP contribution in [0.5, 0.6) is 0 Å². The number of aromatic nitrogens is 3. The molecule has 1 fully saturated rings. The van der Waals surface area contributed by atoms with E-state index in [9.17, 15) is 4.79 Å². The number of amides is 1. The first-order chi connectivity index (χ1) is 8.74. The molecule has 2 aromatic rings. The molecule has 1 amide bonds.